The molecule has 0 bridgehead atoms. The second kappa shape index (κ2) is 6.51. The largest absolute Gasteiger partial charge is 0.491 e. The summed E-state index contributed by atoms with van der Waals surface area (Å²) in [5, 5.41) is 16.0. The molecular weight excluding hydrogens is 258 g/mol. The van der Waals surface area contributed by atoms with Crippen molar-refractivity contribution in [3.8, 4) is 5.75 Å². The quantitative estimate of drug-likeness (QED) is 0.778. The molecule has 0 unspecified atom stereocenters. The molecule has 0 fully saturated rings. The van der Waals surface area contributed by atoms with Crippen molar-refractivity contribution in [1.29, 1.82) is 0 Å². The summed E-state index contributed by atoms with van der Waals surface area (Å²) >= 11 is 0. The van der Waals surface area contributed by atoms with Crippen LogP contribution in [0, 0.1) is 0 Å². The summed E-state index contributed by atoms with van der Waals surface area (Å²) in [6, 6.07) is 7.72. The molecule has 0 spiro atoms. The number of carbonyl (C=O) groups is 1. The number of para-hydroxylation sites is 1. The minimum atomic E-state index is -1.09. The van der Waals surface area contributed by atoms with Crippen molar-refractivity contribution in [2.24, 2.45) is 0 Å². The van der Waals surface area contributed by atoms with Crippen LogP contribution in [0.4, 0.5) is 0 Å². The third-order valence-electron chi connectivity index (χ3n) is 2.67. The summed E-state index contributed by atoms with van der Waals surface area (Å²) in [6.45, 7) is 4.53. The lowest BCUT2D eigenvalue weighted by Crippen LogP contribution is -2.09. The highest BCUT2D eigenvalue weighted by Crippen LogP contribution is 2.18. The lowest BCUT2D eigenvalue weighted by Gasteiger charge is -2.09. The average molecular weight is 273 g/mol. The Balaban J connectivity index is 1.92. The number of hydrogen-bond acceptors (Lipinski definition) is 4. The first-order chi connectivity index (χ1) is 9.70. The van der Waals surface area contributed by atoms with E-state index in [9.17, 15) is 4.79 Å². The van der Waals surface area contributed by atoms with E-state index >= 15 is 0 Å². The van der Waals surface area contributed by atoms with Gasteiger partial charge in [-0.3, -0.25) is 0 Å². The maximum atomic E-state index is 10.7. The van der Waals surface area contributed by atoms with Crippen LogP contribution in [0.2, 0.25) is 0 Å². The van der Waals surface area contributed by atoms with Crippen LogP contribution < -0.4 is 4.74 Å². The Morgan fingerprint density at radius 2 is 2.25 bits per heavy atom. The Bertz CT molecular complexity index is 607. The first kappa shape index (κ1) is 13.8. The van der Waals surface area contributed by atoms with Gasteiger partial charge in [0, 0.05) is 0 Å². The summed E-state index contributed by atoms with van der Waals surface area (Å²) in [4.78, 5) is 10.7. The van der Waals surface area contributed by atoms with E-state index in [2.05, 4.69) is 16.9 Å². The van der Waals surface area contributed by atoms with Gasteiger partial charge in [-0.05, 0) is 18.1 Å². The summed E-state index contributed by atoms with van der Waals surface area (Å²) in [5.74, 6) is -0.292. The number of nitrogens with zero attached hydrogens (tertiary/aromatic N) is 3. The number of benzene rings is 1. The Kier molecular flexibility index (Phi) is 4.49. The van der Waals surface area contributed by atoms with Crippen molar-refractivity contribution in [2.75, 3.05) is 6.61 Å². The summed E-state index contributed by atoms with van der Waals surface area (Å²) in [6.07, 6.45) is 3.93. The van der Waals surface area contributed by atoms with E-state index in [4.69, 9.17) is 9.84 Å². The van der Waals surface area contributed by atoms with Crippen molar-refractivity contribution >= 4 is 5.97 Å². The Morgan fingerprint density at radius 1 is 1.45 bits per heavy atom. The lowest BCUT2D eigenvalue weighted by molar-refractivity contribution is 0.0690. The molecule has 1 aromatic heterocycles. The summed E-state index contributed by atoms with van der Waals surface area (Å²) in [5.41, 5.74) is 0.990. The zero-order chi connectivity index (χ0) is 14.4. The SMILES string of the molecule is C=CCc1ccccc1OCCn1cc(C(=O)O)nn1. The predicted molar refractivity (Wildman–Crippen MR) is 72.8 cm³/mol. The molecule has 20 heavy (non-hydrogen) atoms. The minimum absolute atomic E-state index is 0.0722. The molecule has 0 aliphatic rings. The number of allylic oxidation sites excluding steroid dienone is 1. The highest BCUT2D eigenvalue weighted by molar-refractivity contribution is 5.84. The number of rotatable bonds is 7. The van der Waals surface area contributed by atoms with E-state index in [1.165, 1.54) is 10.9 Å². The number of aromatic nitrogens is 3. The summed E-state index contributed by atoms with van der Waals surface area (Å²) < 4.78 is 7.12. The number of ether oxygens (including phenoxy) is 1. The molecule has 2 rings (SSSR count). The van der Waals surface area contributed by atoms with Gasteiger partial charge in [-0.25, -0.2) is 9.48 Å². The highest BCUT2D eigenvalue weighted by atomic mass is 16.5. The number of carboxylic acid groups (broad SMARTS) is 1. The predicted octanol–water partition coefficient (Wildman–Crippen LogP) is 1.78. The first-order valence-electron chi connectivity index (χ1n) is 6.15. The molecule has 0 saturated carbocycles. The molecule has 0 amide bonds. The zero-order valence-electron chi connectivity index (χ0n) is 10.9. The Morgan fingerprint density at radius 3 is 2.95 bits per heavy atom. The average Bonchev–Trinajstić information content (AvgIpc) is 2.90. The normalized spacial score (nSPS) is 10.2. The highest BCUT2D eigenvalue weighted by Gasteiger charge is 2.08. The van der Waals surface area contributed by atoms with Crippen LogP contribution in [-0.2, 0) is 13.0 Å². The Labute approximate surface area is 116 Å². The van der Waals surface area contributed by atoms with E-state index in [-0.39, 0.29) is 5.69 Å². The van der Waals surface area contributed by atoms with Gasteiger partial charge in [-0.1, -0.05) is 29.5 Å². The van der Waals surface area contributed by atoms with E-state index < -0.39 is 5.97 Å². The Hall–Kier alpha value is -2.63. The van der Waals surface area contributed by atoms with Crippen LogP contribution in [0.5, 0.6) is 5.75 Å². The molecule has 104 valence electrons. The van der Waals surface area contributed by atoms with Crippen LogP contribution in [0.3, 0.4) is 0 Å². The molecule has 0 radical (unpaired) electrons. The monoisotopic (exact) mass is 273 g/mol. The molecule has 1 N–H and O–H groups in total. The van der Waals surface area contributed by atoms with Crippen LogP contribution in [-0.4, -0.2) is 32.7 Å². The molecule has 0 aliphatic heterocycles. The van der Waals surface area contributed by atoms with Crippen molar-refractivity contribution in [1.82, 2.24) is 15.0 Å². The van der Waals surface area contributed by atoms with Crippen LogP contribution in [0.15, 0.2) is 43.1 Å². The maximum absolute atomic E-state index is 10.7. The molecular formula is C14H15N3O3. The number of carboxylic acids is 1. The number of aromatic carboxylic acids is 1. The van der Waals surface area contributed by atoms with Gasteiger partial charge in [0.05, 0.1) is 12.7 Å². The van der Waals surface area contributed by atoms with Crippen LogP contribution >= 0.6 is 0 Å². The second-order valence-electron chi connectivity index (χ2n) is 4.12. The first-order valence-corrected chi connectivity index (χ1v) is 6.15. The second-order valence-corrected chi connectivity index (χ2v) is 4.12. The molecule has 6 nitrogen and oxygen atoms in total. The number of hydrogen-bond donors (Lipinski definition) is 1. The molecule has 1 heterocycles. The van der Waals surface area contributed by atoms with Gasteiger partial charge in [0.2, 0.25) is 0 Å². The van der Waals surface area contributed by atoms with Crippen molar-refractivity contribution in [2.45, 2.75) is 13.0 Å². The van der Waals surface area contributed by atoms with Gasteiger partial charge < -0.3 is 9.84 Å². The smallest absolute Gasteiger partial charge is 0.358 e. The molecule has 2 aromatic rings. The topological polar surface area (TPSA) is 77.2 Å². The fraction of sp³-hybridized carbons (Fsp3) is 0.214. The van der Waals surface area contributed by atoms with E-state index in [0.717, 1.165) is 17.7 Å². The summed E-state index contributed by atoms with van der Waals surface area (Å²) in [7, 11) is 0. The van der Waals surface area contributed by atoms with E-state index in [0.29, 0.717) is 13.2 Å². The fourth-order valence-electron chi connectivity index (χ4n) is 1.72. The van der Waals surface area contributed by atoms with Crippen molar-refractivity contribution in [3.63, 3.8) is 0 Å². The van der Waals surface area contributed by atoms with Crippen LogP contribution in [0.25, 0.3) is 0 Å². The van der Waals surface area contributed by atoms with Gasteiger partial charge in [0.1, 0.15) is 12.4 Å². The zero-order valence-corrected chi connectivity index (χ0v) is 10.9. The molecule has 0 atom stereocenters. The molecule has 0 aliphatic carbocycles. The van der Waals surface area contributed by atoms with Gasteiger partial charge in [-0.15, -0.1) is 11.7 Å². The standard InChI is InChI=1S/C14H15N3O3/c1-2-5-11-6-3-4-7-13(11)20-9-8-17-10-12(14(18)19)15-16-17/h2-4,6-7,10H,1,5,8-9H2,(H,18,19). The molecule has 6 heteroatoms. The lowest BCUT2D eigenvalue weighted by atomic mass is 10.1. The van der Waals surface area contributed by atoms with Gasteiger partial charge in [-0.2, -0.15) is 0 Å². The van der Waals surface area contributed by atoms with E-state index in [1.807, 2.05) is 30.3 Å². The molecule has 1 aromatic carbocycles. The van der Waals surface area contributed by atoms with Crippen molar-refractivity contribution < 1.29 is 14.6 Å². The molecule has 0 saturated heterocycles. The van der Waals surface area contributed by atoms with Gasteiger partial charge in [0.15, 0.2) is 5.69 Å². The third kappa shape index (κ3) is 3.44. The van der Waals surface area contributed by atoms with Gasteiger partial charge in [0.25, 0.3) is 0 Å². The fourth-order valence-corrected chi connectivity index (χ4v) is 1.72. The maximum Gasteiger partial charge on any atom is 0.358 e. The van der Waals surface area contributed by atoms with Crippen LogP contribution in [0.1, 0.15) is 16.1 Å². The van der Waals surface area contributed by atoms with Gasteiger partial charge >= 0.3 is 5.97 Å². The van der Waals surface area contributed by atoms with E-state index in [1.54, 1.807) is 0 Å². The minimum Gasteiger partial charge on any atom is -0.491 e. The third-order valence-corrected chi connectivity index (χ3v) is 2.67. The van der Waals surface area contributed by atoms with Crippen molar-refractivity contribution in [3.05, 3.63) is 54.4 Å².